The fourth-order valence-corrected chi connectivity index (χ4v) is 4.08. The van der Waals surface area contributed by atoms with Gasteiger partial charge in [-0.1, -0.05) is 36.8 Å². The average molecular weight is 485 g/mol. The lowest BCUT2D eigenvalue weighted by molar-refractivity contribution is -0.146. The Kier molecular flexibility index (Phi) is 8.38. The Hall–Kier alpha value is -1.31. The number of piperidine rings is 1. The number of benzene rings is 1. The number of carbonyl (C=O) groups excluding carboxylic acids is 1. The molecule has 1 heterocycles. The van der Waals surface area contributed by atoms with E-state index in [2.05, 4.69) is 47.5 Å². The van der Waals surface area contributed by atoms with E-state index in [0.717, 1.165) is 45.0 Å². The number of rotatable bonds is 5. The van der Waals surface area contributed by atoms with Crippen LogP contribution in [0.3, 0.4) is 0 Å². The fraction of sp³-hybridized carbons (Fsp3) is 0.619. The van der Waals surface area contributed by atoms with Crippen LogP contribution in [0.15, 0.2) is 35.3 Å². The third kappa shape index (κ3) is 5.15. The molecule has 0 unspecified atom stereocenters. The van der Waals surface area contributed by atoms with Crippen molar-refractivity contribution in [2.75, 3.05) is 33.3 Å². The van der Waals surface area contributed by atoms with Gasteiger partial charge in [0.05, 0.1) is 19.6 Å². The van der Waals surface area contributed by atoms with Crippen LogP contribution in [0.5, 0.6) is 0 Å². The molecule has 3 rings (SSSR count). The van der Waals surface area contributed by atoms with Gasteiger partial charge in [-0.3, -0.25) is 9.79 Å². The lowest BCUT2D eigenvalue weighted by Crippen LogP contribution is -2.47. The summed E-state index contributed by atoms with van der Waals surface area (Å²) in [5.41, 5.74) is 1.61. The second-order valence-corrected chi connectivity index (χ2v) is 7.45. The molecule has 2 fully saturated rings. The van der Waals surface area contributed by atoms with Gasteiger partial charge in [0.15, 0.2) is 5.96 Å². The van der Waals surface area contributed by atoms with Crippen LogP contribution in [0.2, 0.25) is 0 Å². The van der Waals surface area contributed by atoms with Crippen LogP contribution in [0.4, 0.5) is 0 Å². The molecule has 0 aromatic heterocycles. The van der Waals surface area contributed by atoms with Crippen molar-refractivity contribution in [3.63, 3.8) is 0 Å². The Labute approximate surface area is 180 Å². The number of aliphatic imine (C=N–C) groups is 1. The Balaban J connectivity index is 0.00000261. The number of nitrogens with one attached hydrogen (secondary N) is 1. The second kappa shape index (κ2) is 10.3. The standard InChI is InChI=1S/C21H31N3O2.HI/c1-3-22-20(24-14-10-17(11-15-24)19(25)26-2)23-16-21(12-7-13-21)18-8-5-4-6-9-18;/h4-6,8-9,17H,3,7,10-16H2,1-2H3,(H,22,23);1H. The monoisotopic (exact) mass is 485 g/mol. The first-order valence-corrected chi connectivity index (χ1v) is 9.85. The van der Waals surface area contributed by atoms with Gasteiger partial charge in [0.25, 0.3) is 0 Å². The molecule has 150 valence electrons. The van der Waals surface area contributed by atoms with Crippen molar-refractivity contribution < 1.29 is 9.53 Å². The molecule has 1 saturated heterocycles. The molecule has 2 aliphatic rings. The normalized spacial score (nSPS) is 19.6. The van der Waals surface area contributed by atoms with Crippen molar-refractivity contribution in [2.24, 2.45) is 10.9 Å². The molecule has 1 aromatic rings. The molecule has 27 heavy (non-hydrogen) atoms. The number of likely N-dealkylation sites (tertiary alicyclic amines) is 1. The third-order valence-corrected chi connectivity index (χ3v) is 5.89. The summed E-state index contributed by atoms with van der Waals surface area (Å²) in [6.45, 7) is 5.49. The number of esters is 1. The van der Waals surface area contributed by atoms with E-state index in [4.69, 9.17) is 9.73 Å². The van der Waals surface area contributed by atoms with Gasteiger partial charge in [0.2, 0.25) is 0 Å². The maximum Gasteiger partial charge on any atom is 0.308 e. The lowest BCUT2D eigenvalue weighted by atomic mass is 9.64. The van der Waals surface area contributed by atoms with E-state index in [0.29, 0.717) is 0 Å². The third-order valence-electron chi connectivity index (χ3n) is 5.89. The molecule has 1 saturated carbocycles. The van der Waals surface area contributed by atoms with E-state index >= 15 is 0 Å². The number of methoxy groups -OCH3 is 1. The lowest BCUT2D eigenvalue weighted by Gasteiger charge is -2.42. The zero-order chi connectivity index (χ0) is 18.4. The molecule has 1 N–H and O–H groups in total. The van der Waals surface area contributed by atoms with E-state index in [1.54, 1.807) is 0 Å². The zero-order valence-corrected chi connectivity index (χ0v) is 18.8. The molecule has 0 radical (unpaired) electrons. The summed E-state index contributed by atoms with van der Waals surface area (Å²) in [6.07, 6.45) is 5.38. The van der Waals surface area contributed by atoms with Crippen LogP contribution in [0.1, 0.15) is 44.6 Å². The minimum atomic E-state index is -0.0795. The van der Waals surface area contributed by atoms with Gasteiger partial charge in [-0.25, -0.2) is 0 Å². The molecule has 6 heteroatoms. The number of carbonyl (C=O) groups is 1. The summed E-state index contributed by atoms with van der Waals surface area (Å²) in [5.74, 6) is 0.934. The summed E-state index contributed by atoms with van der Waals surface area (Å²) in [6, 6.07) is 10.8. The molecule has 0 atom stereocenters. The van der Waals surface area contributed by atoms with Gasteiger partial charge < -0.3 is 15.0 Å². The van der Waals surface area contributed by atoms with E-state index < -0.39 is 0 Å². The van der Waals surface area contributed by atoms with Crippen LogP contribution < -0.4 is 5.32 Å². The molecule has 1 aromatic carbocycles. The van der Waals surface area contributed by atoms with Crippen molar-refractivity contribution in [1.82, 2.24) is 10.2 Å². The number of halogens is 1. The Morgan fingerprint density at radius 1 is 1.26 bits per heavy atom. The summed E-state index contributed by atoms with van der Waals surface area (Å²) in [7, 11) is 1.47. The smallest absolute Gasteiger partial charge is 0.308 e. The maximum atomic E-state index is 11.7. The van der Waals surface area contributed by atoms with Gasteiger partial charge >= 0.3 is 5.97 Å². The molecule has 0 spiro atoms. The SMILES string of the molecule is CCNC(=NCC1(c2ccccc2)CCC1)N1CCC(C(=O)OC)CC1.I. The quantitative estimate of drug-likeness (QED) is 0.300. The number of ether oxygens (including phenoxy) is 1. The summed E-state index contributed by atoms with van der Waals surface area (Å²) < 4.78 is 4.89. The number of nitrogens with zero attached hydrogens (tertiary/aromatic N) is 2. The van der Waals surface area contributed by atoms with Gasteiger partial charge in [-0.2, -0.15) is 0 Å². The first-order valence-electron chi connectivity index (χ1n) is 9.85. The summed E-state index contributed by atoms with van der Waals surface area (Å²) >= 11 is 0. The molecule has 5 nitrogen and oxygen atoms in total. The number of hydrogen-bond acceptors (Lipinski definition) is 3. The van der Waals surface area contributed by atoms with E-state index in [1.807, 2.05) is 0 Å². The van der Waals surface area contributed by atoms with Crippen molar-refractivity contribution in [3.05, 3.63) is 35.9 Å². The minimum Gasteiger partial charge on any atom is -0.469 e. The van der Waals surface area contributed by atoms with Gasteiger partial charge in [0, 0.05) is 25.0 Å². The van der Waals surface area contributed by atoms with Crippen molar-refractivity contribution in [1.29, 1.82) is 0 Å². The average Bonchev–Trinajstić information content (AvgIpc) is 2.66. The largest absolute Gasteiger partial charge is 0.469 e. The fourth-order valence-electron chi connectivity index (χ4n) is 4.08. The predicted molar refractivity (Wildman–Crippen MR) is 120 cm³/mol. The van der Waals surface area contributed by atoms with Crippen molar-refractivity contribution in [3.8, 4) is 0 Å². The highest BCUT2D eigenvalue weighted by molar-refractivity contribution is 14.0. The molecule has 1 aliphatic carbocycles. The molecule has 0 bridgehead atoms. The molecular weight excluding hydrogens is 453 g/mol. The number of guanidine groups is 1. The first-order chi connectivity index (χ1) is 12.7. The summed E-state index contributed by atoms with van der Waals surface area (Å²) in [5, 5.41) is 3.44. The Bertz CT molecular complexity index is 624. The molecule has 1 aliphatic heterocycles. The zero-order valence-electron chi connectivity index (χ0n) is 16.4. The first kappa shape index (κ1) is 22.0. The van der Waals surface area contributed by atoms with Gasteiger partial charge in [0.1, 0.15) is 0 Å². The van der Waals surface area contributed by atoms with Crippen molar-refractivity contribution >= 4 is 35.9 Å². The van der Waals surface area contributed by atoms with Crippen LogP contribution in [0.25, 0.3) is 0 Å². The highest BCUT2D eigenvalue weighted by atomic mass is 127. The predicted octanol–water partition coefficient (Wildman–Crippen LogP) is 3.58. The van der Waals surface area contributed by atoms with Crippen LogP contribution in [0, 0.1) is 5.92 Å². The Morgan fingerprint density at radius 2 is 1.93 bits per heavy atom. The maximum absolute atomic E-state index is 11.7. The van der Waals surface area contributed by atoms with Crippen molar-refractivity contribution in [2.45, 2.75) is 44.4 Å². The molecule has 0 amide bonds. The van der Waals surface area contributed by atoms with E-state index in [9.17, 15) is 4.79 Å². The van der Waals surface area contributed by atoms with Gasteiger partial charge in [-0.05, 0) is 38.2 Å². The van der Waals surface area contributed by atoms with Crippen LogP contribution in [-0.2, 0) is 14.9 Å². The number of hydrogen-bond donors (Lipinski definition) is 1. The van der Waals surface area contributed by atoms with Crippen LogP contribution >= 0.6 is 24.0 Å². The highest BCUT2D eigenvalue weighted by Crippen LogP contribution is 2.43. The topological polar surface area (TPSA) is 53.9 Å². The highest BCUT2D eigenvalue weighted by Gasteiger charge is 2.38. The van der Waals surface area contributed by atoms with E-state index in [-0.39, 0.29) is 41.3 Å². The summed E-state index contributed by atoms with van der Waals surface area (Å²) in [4.78, 5) is 19.0. The van der Waals surface area contributed by atoms with Gasteiger partial charge in [-0.15, -0.1) is 24.0 Å². The minimum absolute atomic E-state index is 0. The second-order valence-electron chi connectivity index (χ2n) is 7.45. The van der Waals surface area contributed by atoms with E-state index in [1.165, 1.54) is 31.9 Å². The molecular formula is C21H32IN3O2. The Morgan fingerprint density at radius 3 is 2.44 bits per heavy atom. The van der Waals surface area contributed by atoms with Crippen LogP contribution in [-0.4, -0.2) is 50.1 Å².